The molecular weight excluding hydrogens is 342 g/mol. The second-order valence-corrected chi connectivity index (χ2v) is 8.43. The molecule has 3 rings (SSSR count). The maximum atomic E-state index is 12.6. The molecule has 136 valence electrons. The summed E-state index contributed by atoms with van der Waals surface area (Å²) in [5, 5.41) is 2.87. The normalized spacial score (nSPS) is 19.0. The topological polar surface area (TPSA) is 105 Å². The quantitative estimate of drug-likeness (QED) is 0.827. The van der Waals surface area contributed by atoms with Crippen LogP contribution >= 0.6 is 0 Å². The van der Waals surface area contributed by atoms with Crippen LogP contribution in [0, 0.1) is 5.92 Å². The number of hydrogen-bond acceptors (Lipinski definition) is 5. The second kappa shape index (κ2) is 7.51. The molecule has 2 aliphatic rings. The molecule has 2 amide bonds. The first-order chi connectivity index (χ1) is 12.0. The van der Waals surface area contributed by atoms with Gasteiger partial charge in [0.05, 0.1) is 5.56 Å². The van der Waals surface area contributed by atoms with Gasteiger partial charge in [0.1, 0.15) is 4.90 Å². The van der Waals surface area contributed by atoms with E-state index in [-0.39, 0.29) is 22.4 Å². The van der Waals surface area contributed by atoms with E-state index in [0.29, 0.717) is 12.8 Å². The van der Waals surface area contributed by atoms with Crippen LogP contribution < -0.4 is 10.0 Å². The fourth-order valence-corrected chi connectivity index (χ4v) is 4.77. The largest absolute Gasteiger partial charge is 0.349 e. The fraction of sp³-hybridized carbons (Fsp3) is 0.588. The van der Waals surface area contributed by atoms with E-state index in [1.54, 1.807) is 0 Å². The molecule has 0 spiro atoms. The molecule has 2 fully saturated rings. The van der Waals surface area contributed by atoms with Gasteiger partial charge in [0.2, 0.25) is 5.91 Å². The Hall–Kier alpha value is -1.96. The van der Waals surface area contributed by atoms with Gasteiger partial charge in [-0.15, -0.1) is 0 Å². The van der Waals surface area contributed by atoms with Crippen molar-refractivity contribution in [3.63, 3.8) is 0 Å². The summed E-state index contributed by atoms with van der Waals surface area (Å²) in [6.07, 6.45) is 9.67. The highest BCUT2D eigenvalue weighted by molar-refractivity contribution is 7.90. The van der Waals surface area contributed by atoms with Crippen molar-refractivity contribution in [3.05, 3.63) is 24.0 Å². The number of hydrogen-bond donors (Lipinski definition) is 2. The van der Waals surface area contributed by atoms with E-state index in [1.807, 2.05) is 0 Å². The van der Waals surface area contributed by atoms with Gasteiger partial charge in [-0.05, 0) is 31.7 Å². The Morgan fingerprint density at radius 3 is 2.36 bits per heavy atom. The number of nitrogens with zero attached hydrogens (tertiary/aromatic N) is 1. The molecule has 0 bridgehead atoms. The standard InChI is InChI=1S/C17H23N3O4S/c21-16(12-5-1-2-6-12)20-25(23,24)15-11-18-10-9-14(15)17(22)19-13-7-3-4-8-13/h9-13H,1-8H2,(H,19,22)(H,20,21). The van der Waals surface area contributed by atoms with E-state index in [0.717, 1.165) is 44.7 Å². The number of rotatable bonds is 5. The Morgan fingerprint density at radius 2 is 1.68 bits per heavy atom. The van der Waals surface area contributed by atoms with E-state index in [4.69, 9.17) is 0 Å². The zero-order chi connectivity index (χ0) is 17.9. The smallest absolute Gasteiger partial charge is 0.266 e. The number of amides is 2. The maximum absolute atomic E-state index is 12.6. The summed E-state index contributed by atoms with van der Waals surface area (Å²) >= 11 is 0. The number of sulfonamides is 1. The molecule has 0 atom stereocenters. The van der Waals surface area contributed by atoms with Crippen molar-refractivity contribution in [3.8, 4) is 0 Å². The Labute approximate surface area is 147 Å². The maximum Gasteiger partial charge on any atom is 0.266 e. The third-order valence-electron chi connectivity index (χ3n) is 4.97. The first-order valence-corrected chi connectivity index (χ1v) is 10.3. The third kappa shape index (κ3) is 4.18. The molecule has 2 aliphatic carbocycles. The lowest BCUT2D eigenvalue weighted by molar-refractivity contribution is -0.122. The van der Waals surface area contributed by atoms with Crippen molar-refractivity contribution in [2.45, 2.75) is 62.3 Å². The number of pyridine rings is 1. The minimum Gasteiger partial charge on any atom is -0.349 e. The summed E-state index contributed by atoms with van der Waals surface area (Å²) in [5.41, 5.74) is 0.0219. The molecule has 0 radical (unpaired) electrons. The van der Waals surface area contributed by atoms with Crippen LogP contribution in [-0.4, -0.2) is 31.3 Å². The van der Waals surface area contributed by atoms with Crippen LogP contribution in [0.1, 0.15) is 61.7 Å². The van der Waals surface area contributed by atoms with Crippen LogP contribution in [0.15, 0.2) is 23.4 Å². The number of nitrogens with one attached hydrogen (secondary N) is 2. The monoisotopic (exact) mass is 365 g/mol. The summed E-state index contributed by atoms with van der Waals surface area (Å²) in [7, 11) is -4.13. The second-order valence-electron chi connectivity index (χ2n) is 6.78. The lowest BCUT2D eigenvalue weighted by Crippen LogP contribution is -2.37. The molecule has 1 aromatic heterocycles. The van der Waals surface area contributed by atoms with E-state index in [9.17, 15) is 18.0 Å². The highest BCUT2D eigenvalue weighted by Crippen LogP contribution is 2.25. The van der Waals surface area contributed by atoms with Gasteiger partial charge in [0, 0.05) is 24.4 Å². The zero-order valence-corrected chi connectivity index (χ0v) is 14.8. The van der Waals surface area contributed by atoms with Crippen molar-refractivity contribution in [2.75, 3.05) is 0 Å². The van der Waals surface area contributed by atoms with Gasteiger partial charge in [-0.25, -0.2) is 13.1 Å². The number of carbonyl (C=O) groups excluding carboxylic acids is 2. The van der Waals surface area contributed by atoms with E-state index < -0.39 is 21.8 Å². The molecule has 1 aromatic rings. The van der Waals surface area contributed by atoms with Gasteiger partial charge in [-0.1, -0.05) is 25.7 Å². The molecule has 8 heteroatoms. The number of aromatic nitrogens is 1. The molecule has 2 N–H and O–H groups in total. The lowest BCUT2D eigenvalue weighted by Gasteiger charge is -2.15. The van der Waals surface area contributed by atoms with Crippen molar-refractivity contribution >= 4 is 21.8 Å². The van der Waals surface area contributed by atoms with E-state index in [1.165, 1.54) is 12.3 Å². The van der Waals surface area contributed by atoms with Crippen LogP contribution in [0.25, 0.3) is 0 Å². The average Bonchev–Trinajstić information content (AvgIpc) is 3.28. The van der Waals surface area contributed by atoms with Gasteiger partial charge in [0.25, 0.3) is 15.9 Å². The first kappa shape index (κ1) is 17.8. The fourth-order valence-electron chi connectivity index (χ4n) is 3.57. The van der Waals surface area contributed by atoms with E-state index >= 15 is 0 Å². The highest BCUT2D eigenvalue weighted by Gasteiger charge is 2.30. The summed E-state index contributed by atoms with van der Waals surface area (Å²) in [6.45, 7) is 0. The summed E-state index contributed by atoms with van der Waals surface area (Å²) in [5.74, 6) is -1.21. The molecule has 0 aliphatic heterocycles. The highest BCUT2D eigenvalue weighted by atomic mass is 32.2. The average molecular weight is 365 g/mol. The zero-order valence-electron chi connectivity index (χ0n) is 14.0. The van der Waals surface area contributed by atoms with E-state index in [2.05, 4.69) is 15.0 Å². The summed E-state index contributed by atoms with van der Waals surface area (Å²) in [4.78, 5) is 28.2. The number of carbonyl (C=O) groups is 2. The lowest BCUT2D eigenvalue weighted by atomic mass is 10.1. The molecule has 25 heavy (non-hydrogen) atoms. The van der Waals surface area contributed by atoms with Gasteiger partial charge in [-0.2, -0.15) is 0 Å². The Kier molecular flexibility index (Phi) is 5.36. The molecule has 0 unspecified atom stereocenters. The summed E-state index contributed by atoms with van der Waals surface area (Å²) in [6, 6.07) is 1.45. The van der Waals surface area contributed by atoms with Crippen molar-refractivity contribution in [1.82, 2.24) is 15.0 Å². The first-order valence-electron chi connectivity index (χ1n) is 8.79. The summed E-state index contributed by atoms with van der Waals surface area (Å²) < 4.78 is 27.3. The minimum atomic E-state index is -4.13. The van der Waals surface area contributed by atoms with Gasteiger partial charge in [0.15, 0.2) is 0 Å². The Bertz CT molecular complexity index is 751. The van der Waals surface area contributed by atoms with Gasteiger partial charge >= 0.3 is 0 Å². The van der Waals surface area contributed by atoms with Crippen molar-refractivity contribution < 1.29 is 18.0 Å². The predicted molar refractivity (Wildman–Crippen MR) is 91.2 cm³/mol. The van der Waals surface area contributed by atoms with Crippen LogP contribution in [0.3, 0.4) is 0 Å². The molecule has 1 heterocycles. The van der Waals surface area contributed by atoms with Crippen LogP contribution in [0.5, 0.6) is 0 Å². The van der Waals surface area contributed by atoms with Crippen molar-refractivity contribution in [1.29, 1.82) is 0 Å². The van der Waals surface area contributed by atoms with Gasteiger partial charge < -0.3 is 5.32 Å². The molecule has 2 saturated carbocycles. The van der Waals surface area contributed by atoms with Gasteiger partial charge in [-0.3, -0.25) is 14.6 Å². The van der Waals surface area contributed by atoms with Crippen LogP contribution in [0.4, 0.5) is 0 Å². The SMILES string of the molecule is O=C(NC1CCCC1)c1ccncc1S(=O)(=O)NC(=O)C1CCCC1. The van der Waals surface area contributed by atoms with Crippen molar-refractivity contribution in [2.24, 2.45) is 5.92 Å². The molecule has 0 saturated heterocycles. The molecular formula is C17H23N3O4S. The predicted octanol–water partition coefficient (Wildman–Crippen LogP) is 1.75. The molecule has 7 nitrogen and oxygen atoms in total. The molecule has 0 aromatic carbocycles. The van der Waals surface area contributed by atoms with Crippen LogP contribution in [0.2, 0.25) is 0 Å². The van der Waals surface area contributed by atoms with Crippen LogP contribution in [-0.2, 0) is 14.8 Å². The Morgan fingerprint density at radius 1 is 1.04 bits per heavy atom. The Balaban J connectivity index is 1.78. The third-order valence-corrected chi connectivity index (χ3v) is 6.34. The minimum absolute atomic E-state index is 0.0219.